The van der Waals surface area contributed by atoms with Gasteiger partial charge in [-0.05, 0) is 54.6 Å². The maximum atomic E-state index is 14.5. The third-order valence-corrected chi connectivity index (χ3v) is 5.31. The summed E-state index contributed by atoms with van der Waals surface area (Å²) in [6.45, 7) is 0. The molecule has 0 radical (unpaired) electrons. The van der Waals surface area contributed by atoms with E-state index >= 15 is 0 Å². The Bertz CT molecular complexity index is 1650. The SMILES string of the molecule is N=C(c1cc(C(=O)O)ccc1F)n1cc(-c2c(-c3ccc(F)cc3)nc3occn23)ccc1=N. The molecule has 168 valence electrons. The molecule has 5 aromatic rings. The van der Waals surface area contributed by atoms with E-state index in [-0.39, 0.29) is 22.5 Å². The summed E-state index contributed by atoms with van der Waals surface area (Å²) in [7, 11) is 0. The topological polar surface area (TPSA) is 120 Å². The van der Waals surface area contributed by atoms with Crippen LogP contribution in [0.4, 0.5) is 8.78 Å². The van der Waals surface area contributed by atoms with Gasteiger partial charge in [-0.15, -0.1) is 0 Å². The first-order valence-corrected chi connectivity index (χ1v) is 9.95. The summed E-state index contributed by atoms with van der Waals surface area (Å²) in [4.78, 5) is 15.8. The van der Waals surface area contributed by atoms with E-state index in [9.17, 15) is 18.7 Å². The minimum absolute atomic E-state index is 0.120. The Balaban J connectivity index is 1.68. The molecule has 0 unspecified atom stereocenters. The molecule has 0 aliphatic carbocycles. The molecule has 5 rings (SSSR count). The molecule has 0 amide bonds. The first-order chi connectivity index (χ1) is 16.3. The van der Waals surface area contributed by atoms with Gasteiger partial charge in [0, 0.05) is 23.5 Å². The first-order valence-electron chi connectivity index (χ1n) is 9.95. The molecule has 34 heavy (non-hydrogen) atoms. The predicted molar refractivity (Wildman–Crippen MR) is 118 cm³/mol. The molecule has 3 heterocycles. The number of carboxylic acids is 1. The van der Waals surface area contributed by atoms with Crippen molar-refractivity contribution in [3.8, 4) is 22.5 Å². The number of aromatic nitrogens is 3. The summed E-state index contributed by atoms with van der Waals surface area (Å²) in [5, 5.41) is 26.0. The van der Waals surface area contributed by atoms with Crippen molar-refractivity contribution in [3.63, 3.8) is 0 Å². The van der Waals surface area contributed by atoms with Crippen molar-refractivity contribution < 1.29 is 23.1 Å². The third kappa shape index (κ3) is 3.47. The molecule has 10 heteroatoms. The lowest BCUT2D eigenvalue weighted by Gasteiger charge is -2.13. The normalized spacial score (nSPS) is 11.1. The molecule has 8 nitrogen and oxygen atoms in total. The zero-order valence-electron chi connectivity index (χ0n) is 17.3. The van der Waals surface area contributed by atoms with Crippen LogP contribution >= 0.6 is 0 Å². The number of benzene rings is 2. The number of fused-ring (bicyclic) bond motifs is 1. The summed E-state index contributed by atoms with van der Waals surface area (Å²) < 4.78 is 36.2. The van der Waals surface area contributed by atoms with Gasteiger partial charge in [-0.3, -0.25) is 19.8 Å². The van der Waals surface area contributed by atoms with Gasteiger partial charge in [0.2, 0.25) is 0 Å². The van der Waals surface area contributed by atoms with Crippen molar-refractivity contribution in [2.45, 2.75) is 0 Å². The first kappa shape index (κ1) is 21.0. The van der Waals surface area contributed by atoms with E-state index in [0.717, 1.165) is 22.8 Å². The van der Waals surface area contributed by atoms with Gasteiger partial charge in [0.1, 0.15) is 34.9 Å². The van der Waals surface area contributed by atoms with Crippen LogP contribution in [-0.2, 0) is 0 Å². The van der Waals surface area contributed by atoms with E-state index in [2.05, 4.69) is 4.98 Å². The smallest absolute Gasteiger partial charge is 0.335 e. The number of nitrogens with zero attached hydrogens (tertiary/aromatic N) is 3. The lowest BCUT2D eigenvalue weighted by Crippen LogP contribution is -2.27. The summed E-state index contributed by atoms with van der Waals surface area (Å²) in [6.07, 6.45) is 4.55. The largest absolute Gasteiger partial charge is 0.478 e. The molecule has 0 aliphatic rings. The predicted octanol–water partition coefficient (Wildman–Crippen LogP) is 4.39. The standard InChI is InChI=1S/C24H15F2N5O3/c25-16-5-1-13(2-6-16)20-21(30-9-10-34-24(30)29-20)15-4-8-19(27)31(12-15)22(28)17-11-14(23(32)33)3-7-18(17)26/h1-12,27-28H,(H,32,33). The Kier molecular flexibility index (Phi) is 4.90. The Hall–Kier alpha value is -4.86. The van der Waals surface area contributed by atoms with Gasteiger partial charge in [-0.1, -0.05) is 0 Å². The summed E-state index contributed by atoms with van der Waals surface area (Å²) >= 11 is 0. The van der Waals surface area contributed by atoms with Crippen molar-refractivity contribution in [2.24, 2.45) is 0 Å². The van der Waals surface area contributed by atoms with Crippen LogP contribution in [0.15, 0.2) is 77.7 Å². The number of oxazole rings is 1. The second-order valence-electron chi connectivity index (χ2n) is 7.39. The van der Waals surface area contributed by atoms with E-state index in [1.807, 2.05) is 0 Å². The highest BCUT2D eigenvalue weighted by Crippen LogP contribution is 2.33. The van der Waals surface area contributed by atoms with Crippen molar-refractivity contribution in [1.29, 1.82) is 10.8 Å². The molecule has 0 aliphatic heterocycles. The fraction of sp³-hybridized carbons (Fsp3) is 0. The maximum absolute atomic E-state index is 14.5. The minimum Gasteiger partial charge on any atom is -0.478 e. The summed E-state index contributed by atoms with van der Waals surface area (Å²) in [5.41, 5.74) is 1.60. The summed E-state index contributed by atoms with van der Waals surface area (Å²) in [5.74, 6) is -2.58. The molecule has 0 atom stereocenters. The average molecular weight is 459 g/mol. The number of carbonyl (C=O) groups is 1. The number of hydrogen-bond acceptors (Lipinski definition) is 5. The Morgan fingerprint density at radius 1 is 1.03 bits per heavy atom. The van der Waals surface area contributed by atoms with Crippen LogP contribution in [0.2, 0.25) is 0 Å². The molecule has 0 saturated heterocycles. The van der Waals surface area contributed by atoms with E-state index in [1.165, 1.54) is 30.7 Å². The molecule has 0 bridgehead atoms. The van der Waals surface area contributed by atoms with Crippen molar-refractivity contribution in [3.05, 3.63) is 102 Å². The molecule has 0 saturated carbocycles. The van der Waals surface area contributed by atoms with Crippen molar-refractivity contribution in [1.82, 2.24) is 14.0 Å². The zero-order chi connectivity index (χ0) is 24.0. The fourth-order valence-electron chi connectivity index (χ4n) is 3.67. The number of nitrogens with one attached hydrogen (secondary N) is 2. The van der Waals surface area contributed by atoms with Gasteiger partial charge in [0.25, 0.3) is 0 Å². The molecule has 3 aromatic heterocycles. The molecule has 0 spiro atoms. The monoisotopic (exact) mass is 459 g/mol. The molecule has 2 aromatic carbocycles. The van der Waals surface area contributed by atoms with Crippen LogP contribution in [0.5, 0.6) is 0 Å². The molecular weight excluding hydrogens is 444 g/mol. The summed E-state index contributed by atoms with van der Waals surface area (Å²) in [6, 6.07) is 12.0. The number of halogens is 2. The molecular formula is C24H15F2N5O3. The highest BCUT2D eigenvalue weighted by atomic mass is 19.1. The van der Waals surface area contributed by atoms with Crippen LogP contribution < -0.4 is 5.49 Å². The van der Waals surface area contributed by atoms with Crippen LogP contribution in [0.3, 0.4) is 0 Å². The Labute approximate surface area is 190 Å². The highest BCUT2D eigenvalue weighted by Gasteiger charge is 2.20. The van der Waals surface area contributed by atoms with E-state index in [1.54, 1.807) is 28.8 Å². The van der Waals surface area contributed by atoms with Gasteiger partial charge >= 0.3 is 11.8 Å². The van der Waals surface area contributed by atoms with Crippen LogP contribution in [0.25, 0.3) is 28.4 Å². The van der Waals surface area contributed by atoms with Crippen LogP contribution in [-0.4, -0.2) is 30.9 Å². The quantitative estimate of drug-likeness (QED) is 0.273. The van der Waals surface area contributed by atoms with Gasteiger partial charge in [0.15, 0.2) is 0 Å². The number of carboxylic acid groups (broad SMARTS) is 1. The van der Waals surface area contributed by atoms with E-state index in [4.69, 9.17) is 15.2 Å². The van der Waals surface area contributed by atoms with Crippen LogP contribution in [0, 0.1) is 22.5 Å². The average Bonchev–Trinajstić information content (AvgIpc) is 3.41. The molecule has 0 fully saturated rings. The van der Waals surface area contributed by atoms with Crippen molar-refractivity contribution in [2.75, 3.05) is 0 Å². The number of imidazole rings is 1. The minimum atomic E-state index is -1.26. The van der Waals surface area contributed by atoms with Gasteiger partial charge in [-0.2, -0.15) is 4.98 Å². The Morgan fingerprint density at radius 2 is 1.76 bits per heavy atom. The number of aromatic carboxylic acids is 1. The lowest BCUT2D eigenvalue weighted by atomic mass is 10.1. The van der Waals surface area contributed by atoms with E-state index < -0.39 is 23.4 Å². The van der Waals surface area contributed by atoms with Gasteiger partial charge in [0.05, 0.1) is 16.8 Å². The zero-order valence-corrected chi connectivity index (χ0v) is 17.3. The number of rotatable bonds is 4. The fourth-order valence-corrected chi connectivity index (χ4v) is 3.67. The maximum Gasteiger partial charge on any atom is 0.335 e. The van der Waals surface area contributed by atoms with Gasteiger partial charge in [-0.25, -0.2) is 13.6 Å². The van der Waals surface area contributed by atoms with E-state index in [0.29, 0.717) is 22.5 Å². The number of pyridine rings is 1. The second-order valence-corrected chi connectivity index (χ2v) is 7.39. The Morgan fingerprint density at radius 3 is 2.50 bits per heavy atom. The van der Waals surface area contributed by atoms with Crippen LogP contribution in [0.1, 0.15) is 15.9 Å². The highest BCUT2D eigenvalue weighted by molar-refractivity contribution is 6.01. The third-order valence-electron chi connectivity index (χ3n) is 5.31. The second kappa shape index (κ2) is 7.93. The number of hydrogen-bond donors (Lipinski definition) is 3. The van der Waals surface area contributed by atoms with Crippen molar-refractivity contribution >= 4 is 17.6 Å². The molecule has 3 N–H and O–H groups in total. The van der Waals surface area contributed by atoms with Gasteiger partial charge < -0.3 is 9.52 Å². The lowest BCUT2D eigenvalue weighted by molar-refractivity contribution is 0.0697.